The van der Waals surface area contributed by atoms with Crippen LogP contribution < -0.4 is 34.4 Å². The zero-order valence-corrected chi connectivity index (χ0v) is 63.3. The molecule has 6 aromatic rings. The molecule has 12 N–H and O–H groups in total. The molecule has 6 amide bonds. The Morgan fingerprint density at radius 3 is 1.17 bits per heavy atom. The van der Waals surface area contributed by atoms with E-state index in [0.29, 0.717) is 168 Å². The molecule has 0 bridgehead atoms. The first-order valence-corrected chi connectivity index (χ1v) is 37.2. The number of allylic oxidation sites excluding steroid dienone is 6. The molecule has 12 aliphatic rings. The summed E-state index contributed by atoms with van der Waals surface area (Å²) in [6, 6.07) is 19.0. The number of carbonyl (C=O) groups excluding carboxylic acids is 6. The van der Waals surface area contributed by atoms with Crippen LogP contribution >= 0.6 is 69.6 Å². The van der Waals surface area contributed by atoms with Gasteiger partial charge in [0.1, 0.15) is 0 Å². The summed E-state index contributed by atoms with van der Waals surface area (Å²) in [4.78, 5) is 71.0. The molecule has 0 heterocycles. The average molecular weight is 1560 g/mol. The lowest BCUT2D eigenvalue weighted by Crippen LogP contribution is -2.27. The molecule has 6 unspecified atom stereocenters. The predicted molar refractivity (Wildman–Crippen MR) is 431 cm³/mol. The fourth-order valence-electron chi connectivity index (χ4n) is 16.3. The van der Waals surface area contributed by atoms with E-state index in [1.54, 1.807) is 38.1 Å². The van der Waals surface area contributed by atoms with Gasteiger partial charge in [0.2, 0.25) is 35.4 Å². The lowest BCUT2D eigenvalue weighted by atomic mass is 9.82. The molecule has 0 spiro atoms. The number of rotatable bonds is 6. The molecular weight excluding hydrogens is 1450 g/mol. The first-order chi connectivity index (χ1) is 58.6. The molecule has 0 fully saturated rings. The number of primary amides is 6. The summed E-state index contributed by atoms with van der Waals surface area (Å²) >= 11 is 36.6. The van der Waals surface area contributed by atoms with Crippen molar-refractivity contribution in [1.29, 1.82) is 0 Å². The zero-order valence-electron chi connectivity index (χ0n) is 79.8. The molecule has 0 aliphatic heterocycles. The van der Waals surface area contributed by atoms with Crippen molar-refractivity contribution in [3.05, 3.63) is 237 Å². The van der Waals surface area contributed by atoms with Crippen LogP contribution in [0.25, 0.3) is 33.4 Å². The van der Waals surface area contributed by atoms with Crippen molar-refractivity contribution >= 4 is 138 Å². The number of carbonyl (C=O) groups is 6. The smallest absolute Gasteiger partial charge is 0.224 e. The normalized spacial score (nSPS) is 31.2. The number of fused-ring (bicyclic) bond motifs is 12. The number of benzene rings is 6. The Hall–Kier alpha value is -7.68. The Labute approximate surface area is 681 Å². The second-order valence-electron chi connectivity index (χ2n) is 27.7. The van der Waals surface area contributed by atoms with Crippen molar-refractivity contribution in [3.63, 3.8) is 0 Å². The summed E-state index contributed by atoms with van der Waals surface area (Å²) in [5.41, 5.74) is 53.3. The first kappa shape index (κ1) is 54.0. The number of amides is 6. The molecule has 0 saturated heterocycles. The SMILES string of the molecule is [2H]C1([2H])CCC2=C(Cc3c(C)cc(Cl)cc32)C1([2H])C(N)=O.[2H]C1([2H])CCC2=C(Cc3cc(C)c(Cl)cc32)C1([2H])C(N)=O.[2H]C1([2H])CCC2=C(Cc3ccc(Cl)cc32)C1([2H])C(N)=O.[2H]c1c(C)c(Cl)c([2H])c2c1CC1=C2CCC([2H])([2H])C1C(N)=O.[2H]c1c(C)c(Cl)cc2c1CC1=C2CCC([2H])([2H])C1([2H])C(N)=O.[2H]c1c(Cl)ccc2c1C1=C(C2)C([2H])(C(N)=O)C([2H])([2H])CC1. The van der Waals surface area contributed by atoms with Gasteiger partial charge in [-0.15, -0.1) is 0 Å². The van der Waals surface area contributed by atoms with Crippen LogP contribution in [0.2, 0.25) is 30.1 Å². The van der Waals surface area contributed by atoms with Gasteiger partial charge in [-0.2, -0.15) is 0 Å². The Kier molecular flexibility index (Phi) is 16.2. The molecule has 106 heavy (non-hydrogen) atoms. The Bertz CT molecular complexity index is 6110. The highest BCUT2D eigenvalue weighted by Crippen LogP contribution is 2.52. The van der Waals surface area contributed by atoms with E-state index < -0.39 is 109 Å². The van der Waals surface area contributed by atoms with Gasteiger partial charge in [-0.3, -0.25) is 28.8 Å². The molecule has 6 atom stereocenters. The Morgan fingerprint density at radius 2 is 0.679 bits per heavy atom. The second-order valence-corrected chi connectivity index (χ2v) is 30.1. The van der Waals surface area contributed by atoms with Gasteiger partial charge in [0.25, 0.3) is 0 Å². The van der Waals surface area contributed by atoms with Crippen molar-refractivity contribution in [2.75, 3.05) is 0 Å². The van der Waals surface area contributed by atoms with E-state index in [9.17, 15) is 28.8 Å². The molecule has 0 aromatic heterocycles. The van der Waals surface area contributed by atoms with Gasteiger partial charge >= 0.3 is 0 Å². The summed E-state index contributed by atoms with van der Waals surface area (Å²) in [6.45, 7) is 7.30. The summed E-state index contributed by atoms with van der Waals surface area (Å²) in [5.74, 6) is -16.6. The highest BCUT2D eigenvalue weighted by atomic mass is 35.5. The van der Waals surface area contributed by atoms with E-state index in [-0.39, 0.29) is 74.5 Å². The topological polar surface area (TPSA) is 259 Å². The van der Waals surface area contributed by atoms with Crippen LogP contribution in [0, 0.1) is 63.1 Å². The van der Waals surface area contributed by atoms with Crippen molar-refractivity contribution in [2.24, 2.45) is 69.8 Å². The Balaban J connectivity index is 0.000000130. The van der Waals surface area contributed by atoms with E-state index in [4.69, 9.17) is 133 Å². The number of nitrogens with two attached hydrogens (primary N) is 6. The number of hydrogen-bond donors (Lipinski definition) is 6. The zero-order chi connectivity index (χ0) is 94.3. The van der Waals surface area contributed by atoms with Crippen molar-refractivity contribution in [3.8, 4) is 0 Å². The van der Waals surface area contributed by atoms with Gasteiger partial charge in [-0.1, -0.05) is 99.9 Å². The van der Waals surface area contributed by atoms with Crippen LogP contribution in [-0.2, 0) is 67.3 Å². The highest BCUT2D eigenvalue weighted by molar-refractivity contribution is 6.33. The summed E-state index contributed by atoms with van der Waals surface area (Å²) in [7, 11) is 0. The minimum absolute atomic E-state index is 0.0314. The third-order valence-electron chi connectivity index (χ3n) is 21.2. The molecule has 0 saturated carbocycles. The van der Waals surface area contributed by atoms with E-state index in [2.05, 4.69) is 0 Å². The van der Waals surface area contributed by atoms with Crippen LogP contribution in [0.1, 0.15) is 233 Å². The molecule has 12 nitrogen and oxygen atoms in total. The van der Waals surface area contributed by atoms with E-state index >= 15 is 0 Å². The lowest BCUT2D eigenvalue weighted by molar-refractivity contribution is -0.121. The number of aryl methyl sites for hydroxylation is 2. The standard InChI is InChI=1S/4C15H16ClNO.2C14H14ClNO/c3*1-8-5-9-6-13-10(12(9)7-14(8)16)3-2-4-11(13)15(17)18;1-8-5-9(16)6-13-10-3-2-4-11(15(17)18)14(10)7-12(8)13;2*15-9-5-4-8-6-13-10(12(8)7-9)2-1-3-11(13)14(16)17/h3*5,7,11H,2-4,6H2,1H3,(H2,17,18);5-6,11H,2-4,7H2,1H3,(H2,17,18);2*4-5,7,11H,1-3,6H2,(H2,16,17)/i4D2,5D,11D;4D2,5D,7D;2*4D2,11D;3D2,7D,11D;3D2,11D. The predicted octanol–water partition coefficient (Wildman–Crippen LogP) is 18.8. The van der Waals surface area contributed by atoms with E-state index in [0.717, 1.165) is 83.5 Å². The largest absolute Gasteiger partial charge is 0.369 e. The minimum atomic E-state index is -2.09. The maximum absolute atomic E-state index is 11.9. The molecule has 12 aliphatic carbocycles. The fourth-order valence-corrected chi connectivity index (χ4v) is 17.4. The van der Waals surface area contributed by atoms with E-state index in [1.165, 1.54) is 0 Å². The van der Waals surface area contributed by atoms with Crippen LogP contribution in [-0.4, -0.2) is 35.4 Å². The van der Waals surface area contributed by atoms with Crippen LogP contribution in [0.15, 0.2) is 118 Å². The van der Waals surface area contributed by atoms with Crippen LogP contribution in [0.4, 0.5) is 0 Å². The fraction of sp³-hybridized carbons (Fsp3) is 0.386. The molecule has 18 rings (SSSR count). The maximum Gasteiger partial charge on any atom is 0.224 e. The summed E-state index contributed by atoms with van der Waals surface area (Å²) in [6.07, 6.45) is -6.19. The molecule has 18 heteroatoms. The summed E-state index contributed by atoms with van der Waals surface area (Å²) < 4.78 is 172. The third kappa shape index (κ3) is 15.4. The van der Waals surface area contributed by atoms with Gasteiger partial charge in [0.05, 0.1) is 40.9 Å². The molecule has 6 aromatic carbocycles. The second kappa shape index (κ2) is 31.9. The van der Waals surface area contributed by atoms with Crippen LogP contribution in [0.5, 0.6) is 0 Å². The maximum atomic E-state index is 11.9. The lowest BCUT2D eigenvalue weighted by Gasteiger charge is -2.22. The van der Waals surface area contributed by atoms with E-state index in [1.807, 2.05) is 50.2 Å². The first-order valence-electron chi connectivity index (χ1n) is 45.5. The molecule has 552 valence electrons. The highest BCUT2D eigenvalue weighted by Gasteiger charge is 2.40. The van der Waals surface area contributed by atoms with Crippen LogP contribution in [0.3, 0.4) is 0 Å². The van der Waals surface area contributed by atoms with Gasteiger partial charge in [-0.25, -0.2) is 0 Å². The van der Waals surface area contributed by atoms with Gasteiger partial charge in [0, 0.05) is 53.4 Å². The van der Waals surface area contributed by atoms with Gasteiger partial charge in [-0.05, 0) is 392 Å². The number of halogens is 6. The van der Waals surface area contributed by atoms with Crippen molar-refractivity contribution in [2.45, 2.75) is 182 Å². The third-order valence-corrected chi connectivity index (χ3v) is 23.0. The molecular formula is C88H92Cl6N6O6. The monoisotopic (exact) mass is 1560 g/mol. The Morgan fingerprint density at radius 1 is 0.330 bits per heavy atom. The molecule has 0 radical (unpaired) electrons. The summed E-state index contributed by atoms with van der Waals surface area (Å²) in [5, 5.41) is 2.89. The van der Waals surface area contributed by atoms with Gasteiger partial charge < -0.3 is 34.4 Å². The number of hydrogen-bond acceptors (Lipinski definition) is 6. The van der Waals surface area contributed by atoms with Gasteiger partial charge in [0.15, 0.2) is 0 Å². The van der Waals surface area contributed by atoms with Crippen molar-refractivity contribution < 1.29 is 57.6 Å². The minimum Gasteiger partial charge on any atom is -0.369 e. The van der Waals surface area contributed by atoms with Crippen molar-refractivity contribution in [1.82, 2.24) is 0 Å². The quantitative estimate of drug-likeness (QED) is 0.0944. The average Bonchev–Trinajstić information content (AvgIpc) is 1.60.